The van der Waals surface area contributed by atoms with E-state index in [1.807, 2.05) is 0 Å². The highest BCUT2D eigenvalue weighted by Gasteiger charge is 2.15. The van der Waals surface area contributed by atoms with Crippen LogP contribution in [0.4, 0.5) is 0 Å². The molecule has 0 aliphatic carbocycles. The van der Waals surface area contributed by atoms with E-state index >= 15 is 0 Å². The van der Waals surface area contributed by atoms with Gasteiger partial charge in [-0.1, -0.05) is 13.8 Å². The molecular weight excluding hydrogens is 230 g/mol. The maximum Gasteiger partial charge on any atom is 0.253 e. The number of amides is 1. The Balaban J connectivity index is 2.97. The van der Waals surface area contributed by atoms with Crippen molar-refractivity contribution in [2.75, 3.05) is 27.8 Å². The van der Waals surface area contributed by atoms with Crippen LogP contribution >= 0.6 is 0 Å². The predicted molar refractivity (Wildman–Crippen MR) is 71.3 cm³/mol. The van der Waals surface area contributed by atoms with Crippen molar-refractivity contribution in [3.8, 4) is 11.5 Å². The van der Waals surface area contributed by atoms with Crippen molar-refractivity contribution in [2.45, 2.75) is 13.8 Å². The molecule has 1 aromatic rings. The third kappa shape index (κ3) is 3.65. The van der Waals surface area contributed by atoms with Gasteiger partial charge >= 0.3 is 0 Å². The Bertz CT molecular complexity index is 393. The van der Waals surface area contributed by atoms with E-state index in [2.05, 4.69) is 13.8 Å². The summed E-state index contributed by atoms with van der Waals surface area (Å²) < 4.78 is 10.3. The number of nitrogens with zero attached hydrogens (tertiary/aromatic N) is 1. The normalized spacial score (nSPS) is 10.3. The van der Waals surface area contributed by atoms with E-state index in [-0.39, 0.29) is 5.91 Å². The first kappa shape index (κ1) is 14.4. The molecule has 0 spiro atoms. The Morgan fingerprint density at radius 2 is 1.67 bits per heavy atom. The Labute approximate surface area is 108 Å². The fraction of sp³-hybridized carbons (Fsp3) is 0.500. The smallest absolute Gasteiger partial charge is 0.253 e. The summed E-state index contributed by atoms with van der Waals surface area (Å²) in [6.45, 7) is 4.88. The number of carbonyl (C=O) groups excluding carboxylic acids is 1. The third-order valence-electron chi connectivity index (χ3n) is 2.58. The minimum absolute atomic E-state index is 0.0269. The maximum absolute atomic E-state index is 12.2. The summed E-state index contributed by atoms with van der Waals surface area (Å²) in [6, 6.07) is 5.20. The van der Waals surface area contributed by atoms with Gasteiger partial charge in [-0.2, -0.15) is 0 Å². The number of ether oxygens (including phenoxy) is 2. The molecule has 1 amide bonds. The highest BCUT2D eigenvalue weighted by molar-refractivity contribution is 5.95. The van der Waals surface area contributed by atoms with E-state index in [4.69, 9.17) is 9.47 Å². The summed E-state index contributed by atoms with van der Waals surface area (Å²) in [6.07, 6.45) is 0. The maximum atomic E-state index is 12.2. The molecule has 0 fully saturated rings. The molecule has 0 unspecified atom stereocenters. The minimum atomic E-state index is -0.0269. The molecule has 4 heteroatoms. The van der Waals surface area contributed by atoms with Crippen LogP contribution in [-0.2, 0) is 0 Å². The molecule has 0 aromatic heterocycles. The van der Waals surface area contributed by atoms with Crippen molar-refractivity contribution in [1.82, 2.24) is 4.90 Å². The van der Waals surface area contributed by atoms with Gasteiger partial charge in [0, 0.05) is 25.2 Å². The molecule has 4 nitrogen and oxygen atoms in total. The molecule has 0 saturated heterocycles. The Morgan fingerprint density at radius 1 is 1.17 bits per heavy atom. The lowest BCUT2D eigenvalue weighted by Crippen LogP contribution is -2.30. The van der Waals surface area contributed by atoms with Crippen molar-refractivity contribution in [3.63, 3.8) is 0 Å². The first-order chi connectivity index (χ1) is 8.47. The van der Waals surface area contributed by atoms with Gasteiger partial charge < -0.3 is 14.4 Å². The number of methoxy groups -OCH3 is 2. The van der Waals surface area contributed by atoms with Gasteiger partial charge in [0.1, 0.15) is 11.5 Å². The van der Waals surface area contributed by atoms with Gasteiger partial charge in [-0.15, -0.1) is 0 Å². The first-order valence-electron chi connectivity index (χ1n) is 5.96. The third-order valence-corrected chi connectivity index (χ3v) is 2.58. The van der Waals surface area contributed by atoms with E-state index in [0.29, 0.717) is 23.0 Å². The second-order valence-electron chi connectivity index (χ2n) is 4.68. The molecule has 0 aliphatic heterocycles. The highest BCUT2D eigenvalue weighted by atomic mass is 16.5. The molecule has 0 atom stereocenters. The fourth-order valence-corrected chi connectivity index (χ4v) is 1.78. The number of hydrogen-bond donors (Lipinski definition) is 0. The van der Waals surface area contributed by atoms with Crippen molar-refractivity contribution >= 4 is 5.91 Å². The largest absolute Gasteiger partial charge is 0.497 e. The molecule has 0 N–H and O–H groups in total. The summed E-state index contributed by atoms with van der Waals surface area (Å²) in [5.74, 6) is 1.65. The van der Waals surface area contributed by atoms with Crippen molar-refractivity contribution < 1.29 is 14.3 Å². The summed E-state index contributed by atoms with van der Waals surface area (Å²) in [5, 5.41) is 0. The van der Waals surface area contributed by atoms with Crippen LogP contribution in [0.25, 0.3) is 0 Å². The lowest BCUT2D eigenvalue weighted by atomic mass is 10.1. The summed E-state index contributed by atoms with van der Waals surface area (Å²) >= 11 is 0. The fourth-order valence-electron chi connectivity index (χ4n) is 1.78. The van der Waals surface area contributed by atoms with Crippen LogP contribution in [0, 0.1) is 5.92 Å². The molecule has 0 bridgehead atoms. The van der Waals surface area contributed by atoms with Gasteiger partial charge in [0.25, 0.3) is 5.91 Å². The molecule has 0 radical (unpaired) electrons. The molecule has 18 heavy (non-hydrogen) atoms. The van der Waals surface area contributed by atoms with Gasteiger partial charge in [0.2, 0.25) is 0 Å². The van der Waals surface area contributed by atoms with Gasteiger partial charge in [-0.25, -0.2) is 0 Å². The Kier molecular flexibility index (Phi) is 5.01. The molecule has 100 valence electrons. The number of benzene rings is 1. The second kappa shape index (κ2) is 6.28. The highest BCUT2D eigenvalue weighted by Crippen LogP contribution is 2.23. The van der Waals surface area contributed by atoms with E-state index in [0.717, 1.165) is 6.54 Å². The predicted octanol–water partition coefficient (Wildman–Crippen LogP) is 2.43. The van der Waals surface area contributed by atoms with E-state index in [1.54, 1.807) is 44.4 Å². The molecule has 1 aromatic carbocycles. The summed E-state index contributed by atoms with van der Waals surface area (Å²) in [5.41, 5.74) is 0.578. The van der Waals surface area contributed by atoms with Crippen LogP contribution < -0.4 is 9.47 Å². The van der Waals surface area contributed by atoms with Gasteiger partial charge in [0.05, 0.1) is 14.2 Å². The minimum Gasteiger partial charge on any atom is -0.497 e. The summed E-state index contributed by atoms with van der Waals surface area (Å²) in [4.78, 5) is 13.9. The molecule has 0 aliphatic rings. The van der Waals surface area contributed by atoms with Crippen molar-refractivity contribution in [2.24, 2.45) is 5.92 Å². The van der Waals surface area contributed by atoms with E-state index in [1.165, 1.54) is 0 Å². The second-order valence-corrected chi connectivity index (χ2v) is 4.68. The quantitative estimate of drug-likeness (QED) is 0.806. The SMILES string of the molecule is COc1cc(OC)cc(C(=O)N(C)CC(C)C)c1. The average Bonchev–Trinajstić information content (AvgIpc) is 2.36. The Hall–Kier alpha value is -1.71. The van der Waals surface area contributed by atoms with Crippen molar-refractivity contribution in [1.29, 1.82) is 0 Å². The topological polar surface area (TPSA) is 38.8 Å². The standard InChI is InChI=1S/C14H21NO3/c1-10(2)9-15(3)14(16)11-6-12(17-4)8-13(7-11)18-5/h6-8,10H,9H2,1-5H3. The molecule has 0 heterocycles. The zero-order valence-electron chi connectivity index (χ0n) is 11.7. The average molecular weight is 251 g/mol. The van der Waals surface area contributed by atoms with Crippen LogP contribution in [0.15, 0.2) is 18.2 Å². The molecule has 1 rings (SSSR count). The number of hydrogen-bond acceptors (Lipinski definition) is 3. The van der Waals surface area contributed by atoms with Gasteiger partial charge in [0.15, 0.2) is 0 Å². The van der Waals surface area contributed by atoms with Crippen LogP contribution in [-0.4, -0.2) is 38.6 Å². The molecule has 0 saturated carbocycles. The number of carbonyl (C=O) groups is 1. The van der Waals surface area contributed by atoms with Crippen LogP contribution in [0.1, 0.15) is 24.2 Å². The zero-order valence-corrected chi connectivity index (χ0v) is 11.7. The monoisotopic (exact) mass is 251 g/mol. The molecular formula is C14H21NO3. The van der Waals surface area contributed by atoms with Crippen LogP contribution in [0.3, 0.4) is 0 Å². The van der Waals surface area contributed by atoms with Gasteiger partial charge in [-0.3, -0.25) is 4.79 Å². The van der Waals surface area contributed by atoms with E-state index < -0.39 is 0 Å². The lowest BCUT2D eigenvalue weighted by molar-refractivity contribution is 0.0778. The number of rotatable bonds is 5. The Morgan fingerprint density at radius 3 is 2.06 bits per heavy atom. The van der Waals surface area contributed by atoms with Crippen LogP contribution in [0.2, 0.25) is 0 Å². The van der Waals surface area contributed by atoms with E-state index in [9.17, 15) is 4.79 Å². The summed E-state index contributed by atoms with van der Waals surface area (Å²) in [7, 11) is 4.94. The van der Waals surface area contributed by atoms with Crippen molar-refractivity contribution in [3.05, 3.63) is 23.8 Å². The zero-order chi connectivity index (χ0) is 13.7. The van der Waals surface area contributed by atoms with Gasteiger partial charge in [-0.05, 0) is 18.1 Å². The first-order valence-corrected chi connectivity index (χ1v) is 5.96. The van der Waals surface area contributed by atoms with Crippen LogP contribution in [0.5, 0.6) is 11.5 Å². The lowest BCUT2D eigenvalue weighted by Gasteiger charge is -2.20.